The zero-order valence-electron chi connectivity index (χ0n) is 13.6. The second-order valence-electron chi connectivity index (χ2n) is 5.93. The van der Waals surface area contributed by atoms with Crippen molar-refractivity contribution < 1.29 is 13.2 Å². The molecule has 0 bridgehead atoms. The van der Waals surface area contributed by atoms with E-state index in [4.69, 9.17) is 0 Å². The molecule has 0 unspecified atom stereocenters. The number of hydrogen-bond donors (Lipinski definition) is 0. The van der Waals surface area contributed by atoms with Crippen LogP contribution in [0.5, 0.6) is 0 Å². The van der Waals surface area contributed by atoms with Gasteiger partial charge in [0.15, 0.2) is 0 Å². The minimum absolute atomic E-state index is 0.0210. The first-order valence-electron chi connectivity index (χ1n) is 8.11. The zero-order valence-corrected chi connectivity index (χ0v) is 14.5. The number of pyridine rings is 1. The molecule has 2 heterocycles. The molecule has 2 rings (SSSR count). The number of hydrogen-bond acceptors (Lipinski definition) is 4. The molecule has 6 nitrogen and oxygen atoms in total. The maximum atomic E-state index is 12.5. The fourth-order valence-electron chi connectivity index (χ4n) is 2.73. The highest BCUT2D eigenvalue weighted by atomic mass is 32.2. The van der Waals surface area contributed by atoms with Gasteiger partial charge in [-0.1, -0.05) is 18.9 Å². The zero-order chi connectivity index (χ0) is 16.7. The third kappa shape index (κ3) is 5.58. The molecule has 0 radical (unpaired) electrons. The van der Waals surface area contributed by atoms with Gasteiger partial charge in [-0.25, -0.2) is 12.7 Å². The van der Waals surface area contributed by atoms with Gasteiger partial charge < -0.3 is 4.90 Å². The highest BCUT2D eigenvalue weighted by molar-refractivity contribution is 7.89. The fraction of sp³-hybridized carbons (Fsp3) is 0.625. The number of sulfonamides is 1. The molecule has 0 N–H and O–H groups in total. The molecule has 1 aromatic rings. The van der Waals surface area contributed by atoms with E-state index in [1.54, 1.807) is 21.6 Å². The molecule has 0 aromatic carbocycles. The third-order valence-corrected chi connectivity index (χ3v) is 5.97. The van der Waals surface area contributed by atoms with E-state index >= 15 is 0 Å². The van der Waals surface area contributed by atoms with Gasteiger partial charge in [0.2, 0.25) is 15.9 Å². The van der Waals surface area contributed by atoms with E-state index < -0.39 is 10.0 Å². The summed E-state index contributed by atoms with van der Waals surface area (Å²) in [6, 6.07) is 3.69. The van der Waals surface area contributed by atoms with Crippen LogP contribution < -0.4 is 0 Å². The molecule has 1 aromatic heterocycles. The normalized spacial score (nSPS) is 16.7. The summed E-state index contributed by atoms with van der Waals surface area (Å²) in [7, 11) is -3.30. The predicted molar refractivity (Wildman–Crippen MR) is 89.2 cm³/mol. The van der Waals surface area contributed by atoms with Crippen LogP contribution in [0.15, 0.2) is 24.5 Å². The molecule has 128 valence electrons. The number of carbonyl (C=O) groups is 1. The number of amides is 1. The smallest absolute Gasteiger partial charge is 0.219 e. The van der Waals surface area contributed by atoms with Crippen molar-refractivity contribution in [1.29, 1.82) is 0 Å². The molecule has 23 heavy (non-hydrogen) atoms. The van der Waals surface area contributed by atoms with Gasteiger partial charge in [0.05, 0.1) is 5.75 Å². The summed E-state index contributed by atoms with van der Waals surface area (Å²) < 4.78 is 26.6. The average molecular weight is 339 g/mol. The van der Waals surface area contributed by atoms with Gasteiger partial charge in [-0.15, -0.1) is 0 Å². The lowest BCUT2D eigenvalue weighted by molar-refractivity contribution is -0.129. The summed E-state index contributed by atoms with van der Waals surface area (Å²) in [4.78, 5) is 17.4. The molecule has 0 aliphatic carbocycles. The molecule has 1 saturated heterocycles. The van der Waals surface area contributed by atoms with Crippen LogP contribution in [0.3, 0.4) is 0 Å². The van der Waals surface area contributed by atoms with Gasteiger partial charge in [0, 0.05) is 45.5 Å². The Morgan fingerprint density at radius 3 is 2.52 bits per heavy atom. The van der Waals surface area contributed by atoms with Gasteiger partial charge in [0.1, 0.15) is 0 Å². The molecule has 1 aliphatic heterocycles. The average Bonchev–Trinajstić information content (AvgIpc) is 2.82. The van der Waals surface area contributed by atoms with Crippen molar-refractivity contribution in [1.82, 2.24) is 14.2 Å². The molecule has 1 fully saturated rings. The number of aromatic nitrogens is 1. The van der Waals surface area contributed by atoms with Crippen molar-refractivity contribution in [2.24, 2.45) is 0 Å². The molecular weight excluding hydrogens is 314 g/mol. The van der Waals surface area contributed by atoms with Crippen molar-refractivity contribution in [3.05, 3.63) is 30.1 Å². The van der Waals surface area contributed by atoms with E-state index in [1.807, 2.05) is 12.1 Å². The van der Waals surface area contributed by atoms with Crippen molar-refractivity contribution in [2.45, 2.75) is 39.2 Å². The van der Waals surface area contributed by atoms with Gasteiger partial charge in [-0.05, 0) is 24.5 Å². The fourth-order valence-corrected chi connectivity index (χ4v) is 4.26. The molecule has 1 aliphatic rings. The first-order chi connectivity index (χ1) is 11.0. The lowest BCUT2D eigenvalue weighted by Gasteiger charge is -2.24. The van der Waals surface area contributed by atoms with Crippen LogP contribution in [-0.2, 0) is 21.4 Å². The molecule has 0 atom stereocenters. The Balaban J connectivity index is 1.96. The topological polar surface area (TPSA) is 70.6 Å². The Bertz CT molecular complexity index is 596. The van der Waals surface area contributed by atoms with Crippen molar-refractivity contribution >= 4 is 15.9 Å². The first kappa shape index (κ1) is 17.9. The van der Waals surface area contributed by atoms with Crippen LogP contribution in [0.25, 0.3) is 0 Å². The summed E-state index contributed by atoms with van der Waals surface area (Å²) in [5.74, 6) is -0.146. The highest BCUT2D eigenvalue weighted by Crippen LogP contribution is 2.14. The summed E-state index contributed by atoms with van der Waals surface area (Å²) in [6.45, 7) is 3.27. The second kappa shape index (κ2) is 8.40. The van der Waals surface area contributed by atoms with Gasteiger partial charge >= 0.3 is 0 Å². The lowest BCUT2D eigenvalue weighted by atomic mass is 10.2. The molecule has 1 amide bonds. The van der Waals surface area contributed by atoms with E-state index in [-0.39, 0.29) is 18.2 Å². The molecule has 0 spiro atoms. The molecular formula is C16H25N3O3S. The largest absolute Gasteiger partial charge is 0.337 e. The van der Waals surface area contributed by atoms with Crippen LogP contribution in [0.1, 0.15) is 38.2 Å². The van der Waals surface area contributed by atoms with Crippen molar-refractivity contribution in [2.75, 3.05) is 25.4 Å². The summed E-state index contributed by atoms with van der Waals surface area (Å²) in [5, 5.41) is 0. The van der Waals surface area contributed by atoms with Gasteiger partial charge in [-0.2, -0.15) is 0 Å². The minimum atomic E-state index is -3.30. The van der Waals surface area contributed by atoms with E-state index in [1.165, 1.54) is 6.92 Å². The summed E-state index contributed by atoms with van der Waals surface area (Å²) >= 11 is 0. The Hall–Kier alpha value is -1.47. The maximum absolute atomic E-state index is 12.5. The Kier molecular flexibility index (Phi) is 6.53. The second-order valence-corrected chi connectivity index (χ2v) is 8.02. The first-order valence-corrected chi connectivity index (χ1v) is 9.72. The standard InChI is InChI=1S/C16H25N3O3S/c1-15(20)18(14-16-7-6-8-17-13-16)11-12-23(21,22)19-9-4-2-3-5-10-19/h6-8,13H,2-5,9-12,14H2,1H3. The quantitative estimate of drug-likeness (QED) is 0.790. The molecule has 7 heteroatoms. The third-order valence-electron chi connectivity index (χ3n) is 4.12. The SMILES string of the molecule is CC(=O)N(CCS(=O)(=O)N1CCCCCC1)Cc1cccnc1. The minimum Gasteiger partial charge on any atom is -0.337 e. The van der Waals surface area contributed by atoms with E-state index in [0.717, 1.165) is 31.2 Å². The maximum Gasteiger partial charge on any atom is 0.219 e. The van der Waals surface area contributed by atoms with Crippen LogP contribution in [0.4, 0.5) is 0 Å². The van der Waals surface area contributed by atoms with Crippen molar-refractivity contribution in [3.8, 4) is 0 Å². The van der Waals surface area contributed by atoms with E-state index in [2.05, 4.69) is 4.98 Å². The van der Waals surface area contributed by atoms with Crippen molar-refractivity contribution in [3.63, 3.8) is 0 Å². The van der Waals surface area contributed by atoms with Crippen LogP contribution in [0.2, 0.25) is 0 Å². The van der Waals surface area contributed by atoms with E-state index in [9.17, 15) is 13.2 Å². The number of carbonyl (C=O) groups excluding carboxylic acids is 1. The van der Waals surface area contributed by atoms with Gasteiger partial charge in [0.25, 0.3) is 0 Å². The van der Waals surface area contributed by atoms with Crippen LogP contribution in [-0.4, -0.2) is 53.9 Å². The van der Waals surface area contributed by atoms with E-state index in [0.29, 0.717) is 19.6 Å². The molecule has 0 saturated carbocycles. The Morgan fingerprint density at radius 1 is 1.26 bits per heavy atom. The monoisotopic (exact) mass is 339 g/mol. The van der Waals surface area contributed by atoms with Crippen LogP contribution >= 0.6 is 0 Å². The Labute approximate surface area is 138 Å². The van der Waals surface area contributed by atoms with Gasteiger partial charge in [-0.3, -0.25) is 9.78 Å². The predicted octanol–water partition coefficient (Wildman–Crippen LogP) is 1.64. The highest BCUT2D eigenvalue weighted by Gasteiger charge is 2.24. The van der Waals surface area contributed by atoms with Crippen LogP contribution in [0, 0.1) is 0 Å². The summed E-state index contributed by atoms with van der Waals surface area (Å²) in [5.41, 5.74) is 0.898. The lowest BCUT2D eigenvalue weighted by Crippen LogP contribution is -2.39. The Morgan fingerprint density at radius 2 is 1.96 bits per heavy atom. The number of rotatable bonds is 6. The summed E-state index contributed by atoms with van der Waals surface area (Å²) in [6.07, 6.45) is 7.39. The number of nitrogens with zero attached hydrogens (tertiary/aromatic N) is 3.